The molecule has 0 aromatic heterocycles. The van der Waals surface area contributed by atoms with Crippen molar-refractivity contribution in [3.8, 4) is 11.5 Å². The van der Waals surface area contributed by atoms with Gasteiger partial charge in [-0.3, -0.25) is 4.79 Å². The van der Waals surface area contributed by atoms with Crippen LogP contribution in [0.4, 0.5) is 0 Å². The van der Waals surface area contributed by atoms with E-state index < -0.39 is 0 Å². The number of aryl methyl sites for hydroxylation is 1. The zero-order valence-corrected chi connectivity index (χ0v) is 12.6. The Balaban J connectivity index is 1.53. The average Bonchev–Trinajstić information content (AvgIpc) is 2.49. The number of esters is 1. The van der Waals surface area contributed by atoms with Gasteiger partial charge in [0.2, 0.25) is 0 Å². The zero-order valence-electron chi connectivity index (χ0n) is 12.6. The van der Waals surface area contributed by atoms with Crippen LogP contribution < -0.4 is 9.47 Å². The minimum Gasteiger partial charge on any atom is -0.493 e. The van der Waals surface area contributed by atoms with Gasteiger partial charge in [-0.2, -0.15) is 0 Å². The molecule has 2 aliphatic heterocycles. The van der Waals surface area contributed by atoms with Crippen molar-refractivity contribution < 1.29 is 14.3 Å². The molecule has 1 fully saturated rings. The Kier molecular flexibility index (Phi) is 4.44. The number of hydrogen-bond donors (Lipinski definition) is 0. The van der Waals surface area contributed by atoms with Crippen LogP contribution in [0.2, 0.25) is 0 Å². The van der Waals surface area contributed by atoms with Gasteiger partial charge in [-0.05, 0) is 50.9 Å². The van der Waals surface area contributed by atoms with Crippen LogP contribution in [0.25, 0.3) is 0 Å². The number of likely N-dealkylation sites (tertiary alicyclic amines) is 1. The summed E-state index contributed by atoms with van der Waals surface area (Å²) >= 11 is 0. The maximum atomic E-state index is 11.3. The number of piperidine rings is 1. The Morgan fingerprint density at radius 1 is 1.33 bits per heavy atom. The van der Waals surface area contributed by atoms with Gasteiger partial charge in [-0.1, -0.05) is 12.5 Å². The minimum atomic E-state index is -0.150. The molecule has 0 amide bonds. The fourth-order valence-electron chi connectivity index (χ4n) is 3.16. The van der Waals surface area contributed by atoms with Crippen LogP contribution in [0.5, 0.6) is 11.5 Å². The van der Waals surface area contributed by atoms with Gasteiger partial charge < -0.3 is 14.4 Å². The first kappa shape index (κ1) is 14.4. The maximum Gasteiger partial charge on any atom is 0.311 e. The second-order valence-corrected chi connectivity index (χ2v) is 6.01. The fourth-order valence-corrected chi connectivity index (χ4v) is 3.16. The van der Waals surface area contributed by atoms with Gasteiger partial charge in [0.1, 0.15) is 11.5 Å². The third-order valence-electron chi connectivity index (χ3n) is 4.50. The molecule has 4 heteroatoms. The van der Waals surface area contributed by atoms with Gasteiger partial charge in [-0.15, -0.1) is 0 Å². The lowest BCUT2D eigenvalue weighted by atomic mass is 10.0. The van der Waals surface area contributed by atoms with Crippen LogP contribution in [0.15, 0.2) is 18.2 Å². The summed E-state index contributed by atoms with van der Waals surface area (Å²) in [5.74, 6) is 1.31. The number of benzene rings is 1. The van der Waals surface area contributed by atoms with Gasteiger partial charge in [0, 0.05) is 12.1 Å². The smallest absolute Gasteiger partial charge is 0.311 e. The molecule has 21 heavy (non-hydrogen) atoms. The predicted octanol–water partition coefficient (Wildman–Crippen LogP) is 2.79. The molecule has 0 aliphatic carbocycles. The molecule has 2 aliphatic rings. The molecule has 0 saturated carbocycles. The minimum absolute atomic E-state index is 0.150. The summed E-state index contributed by atoms with van der Waals surface area (Å²) in [6.45, 7) is 1.90. The Hall–Kier alpha value is -1.55. The Bertz CT molecular complexity index is 515. The summed E-state index contributed by atoms with van der Waals surface area (Å²) in [5, 5.41) is 0. The molecule has 0 radical (unpaired) electrons. The number of rotatable bonds is 4. The van der Waals surface area contributed by atoms with Crippen molar-refractivity contribution in [1.29, 1.82) is 0 Å². The van der Waals surface area contributed by atoms with E-state index in [9.17, 15) is 4.79 Å². The van der Waals surface area contributed by atoms with Crippen molar-refractivity contribution in [2.24, 2.45) is 0 Å². The number of ether oxygens (including phenoxy) is 2. The molecule has 0 bridgehead atoms. The first-order chi connectivity index (χ1) is 10.2. The quantitative estimate of drug-likeness (QED) is 0.631. The molecule has 2 heterocycles. The van der Waals surface area contributed by atoms with Gasteiger partial charge >= 0.3 is 5.97 Å². The fraction of sp³-hybridized carbons (Fsp3) is 0.588. The Labute approximate surface area is 126 Å². The topological polar surface area (TPSA) is 38.8 Å². The highest BCUT2D eigenvalue weighted by atomic mass is 16.5. The first-order valence-electron chi connectivity index (χ1n) is 7.89. The first-order valence-corrected chi connectivity index (χ1v) is 7.89. The van der Waals surface area contributed by atoms with E-state index in [1.807, 2.05) is 18.2 Å². The molecular formula is C17H23NO3. The zero-order chi connectivity index (χ0) is 14.7. The Morgan fingerprint density at radius 3 is 3.10 bits per heavy atom. The molecule has 1 atom stereocenters. The number of nitrogens with zero attached hydrogens (tertiary/aromatic N) is 1. The lowest BCUT2D eigenvalue weighted by Gasteiger charge is -2.32. The highest BCUT2D eigenvalue weighted by Gasteiger charge is 2.19. The number of carbonyl (C=O) groups is 1. The van der Waals surface area contributed by atoms with Crippen LogP contribution in [0.3, 0.4) is 0 Å². The molecule has 3 rings (SSSR count). The van der Waals surface area contributed by atoms with E-state index in [4.69, 9.17) is 9.47 Å². The normalized spacial score (nSPS) is 22.5. The van der Waals surface area contributed by atoms with Crippen LogP contribution in [0.1, 0.15) is 37.7 Å². The second-order valence-electron chi connectivity index (χ2n) is 6.01. The third-order valence-corrected chi connectivity index (χ3v) is 4.50. The predicted molar refractivity (Wildman–Crippen MR) is 80.8 cm³/mol. The Morgan fingerprint density at radius 2 is 2.24 bits per heavy atom. The van der Waals surface area contributed by atoms with Gasteiger partial charge in [-0.25, -0.2) is 0 Å². The van der Waals surface area contributed by atoms with E-state index in [-0.39, 0.29) is 5.97 Å². The summed E-state index contributed by atoms with van der Waals surface area (Å²) < 4.78 is 11.1. The van der Waals surface area contributed by atoms with Gasteiger partial charge in [0.15, 0.2) is 0 Å². The molecule has 1 unspecified atom stereocenters. The van der Waals surface area contributed by atoms with Crippen LogP contribution in [-0.4, -0.2) is 37.1 Å². The SMILES string of the molecule is CN1CCCCC1CCOc1ccc2c(c1)OC(=O)CC2. The standard InChI is InChI=1S/C17H23NO3/c1-18-10-3-2-4-14(18)9-11-20-15-7-5-13-6-8-17(19)21-16(13)12-15/h5,7,12,14H,2-4,6,8-11H2,1H3. The molecule has 4 nitrogen and oxygen atoms in total. The van der Waals surface area contributed by atoms with Crippen LogP contribution in [-0.2, 0) is 11.2 Å². The molecule has 0 spiro atoms. The lowest BCUT2D eigenvalue weighted by molar-refractivity contribution is -0.135. The monoisotopic (exact) mass is 289 g/mol. The van der Waals surface area contributed by atoms with Crippen molar-refractivity contribution in [2.45, 2.75) is 44.6 Å². The molecule has 1 aromatic rings. The van der Waals surface area contributed by atoms with Crippen molar-refractivity contribution in [3.05, 3.63) is 23.8 Å². The van der Waals surface area contributed by atoms with Crippen molar-refractivity contribution in [2.75, 3.05) is 20.2 Å². The third kappa shape index (κ3) is 3.56. The van der Waals surface area contributed by atoms with Crippen molar-refractivity contribution in [3.63, 3.8) is 0 Å². The molecular weight excluding hydrogens is 266 g/mol. The molecule has 0 N–H and O–H groups in total. The highest BCUT2D eigenvalue weighted by molar-refractivity contribution is 5.75. The number of fused-ring (bicyclic) bond motifs is 1. The lowest BCUT2D eigenvalue weighted by Crippen LogP contribution is -2.37. The van der Waals surface area contributed by atoms with Gasteiger partial charge in [0.25, 0.3) is 0 Å². The van der Waals surface area contributed by atoms with Crippen molar-refractivity contribution >= 4 is 5.97 Å². The largest absolute Gasteiger partial charge is 0.493 e. The van der Waals surface area contributed by atoms with Crippen LogP contribution in [0, 0.1) is 0 Å². The van der Waals surface area contributed by atoms with Gasteiger partial charge in [0.05, 0.1) is 13.0 Å². The number of hydrogen-bond acceptors (Lipinski definition) is 4. The van der Waals surface area contributed by atoms with Crippen molar-refractivity contribution in [1.82, 2.24) is 4.90 Å². The molecule has 1 aromatic carbocycles. The highest BCUT2D eigenvalue weighted by Crippen LogP contribution is 2.29. The number of carbonyl (C=O) groups excluding carboxylic acids is 1. The van der Waals surface area contributed by atoms with E-state index in [1.165, 1.54) is 25.8 Å². The second kappa shape index (κ2) is 6.48. The average molecular weight is 289 g/mol. The van der Waals surface area contributed by atoms with E-state index in [0.29, 0.717) is 24.8 Å². The summed E-state index contributed by atoms with van der Waals surface area (Å²) in [6, 6.07) is 6.46. The van der Waals surface area contributed by atoms with E-state index in [1.54, 1.807) is 0 Å². The maximum absolute atomic E-state index is 11.3. The van der Waals surface area contributed by atoms with Crippen LogP contribution >= 0.6 is 0 Å². The van der Waals surface area contributed by atoms with E-state index in [0.717, 1.165) is 24.2 Å². The van der Waals surface area contributed by atoms with E-state index >= 15 is 0 Å². The summed E-state index contributed by atoms with van der Waals surface area (Å²) in [4.78, 5) is 13.8. The summed E-state index contributed by atoms with van der Waals surface area (Å²) in [5.41, 5.74) is 1.09. The summed E-state index contributed by atoms with van der Waals surface area (Å²) in [7, 11) is 2.20. The summed E-state index contributed by atoms with van der Waals surface area (Å²) in [6.07, 6.45) is 6.19. The molecule has 114 valence electrons. The molecule has 1 saturated heterocycles. The van der Waals surface area contributed by atoms with E-state index in [2.05, 4.69) is 11.9 Å².